The van der Waals surface area contributed by atoms with Crippen LogP contribution in [0.3, 0.4) is 0 Å². The summed E-state index contributed by atoms with van der Waals surface area (Å²) in [5.41, 5.74) is 0.435. The number of aromatic amines is 1. The smallest absolute Gasteiger partial charge is 0.191 e. The first-order chi connectivity index (χ1) is 8.18. The van der Waals surface area contributed by atoms with Gasteiger partial charge in [-0.1, -0.05) is 22.9 Å². The molecule has 0 radical (unpaired) electrons. The van der Waals surface area contributed by atoms with Crippen LogP contribution in [0.1, 0.15) is 24.4 Å². The first kappa shape index (κ1) is 11.9. The van der Waals surface area contributed by atoms with Gasteiger partial charge in [-0.15, -0.1) is 10.2 Å². The molecule has 0 aliphatic rings. The Morgan fingerprint density at radius 3 is 3.00 bits per heavy atom. The molecule has 5 nitrogen and oxygen atoms in total. The number of tetrazole rings is 1. The molecule has 0 spiro atoms. The van der Waals surface area contributed by atoms with Gasteiger partial charge in [-0.25, -0.2) is 4.39 Å². The van der Waals surface area contributed by atoms with Crippen molar-refractivity contribution in [3.05, 3.63) is 40.4 Å². The van der Waals surface area contributed by atoms with E-state index < -0.39 is 0 Å². The molecule has 2 aromatic rings. The minimum absolute atomic E-state index is 0.135. The van der Waals surface area contributed by atoms with E-state index >= 15 is 0 Å². The molecule has 2 N–H and O–H groups in total. The van der Waals surface area contributed by atoms with Gasteiger partial charge in [0.15, 0.2) is 5.82 Å². The molecule has 0 aliphatic heterocycles. The monoisotopic (exact) mass is 255 g/mol. The molecular weight excluding hydrogens is 245 g/mol. The van der Waals surface area contributed by atoms with E-state index in [-0.39, 0.29) is 11.9 Å². The number of nitrogens with zero attached hydrogens (tertiary/aromatic N) is 3. The SMILES string of the molecule is CC(NCc1c(F)cccc1Cl)c1nn[nH]n1. The van der Waals surface area contributed by atoms with Crippen LogP contribution in [-0.4, -0.2) is 20.6 Å². The maximum atomic E-state index is 13.5. The van der Waals surface area contributed by atoms with Crippen molar-refractivity contribution in [2.24, 2.45) is 0 Å². The fourth-order valence-electron chi connectivity index (χ4n) is 1.40. The third-order valence-corrected chi connectivity index (χ3v) is 2.75. The van der Waals surface area contributed by atoms with Crippen molar-refractivity contribution < 1.29 is 4.39 Å². The Labute approximate surface area is 102 Å². The van der Waals surface area contributed by atoms with Gasteiger partial charge in [-0.3, -0.25) is 0 Å². The summed E-state index contributed by atoms with van der Waals surface area (Å²) in [6.45, 7) is 2.17. The van der Waals surface area contributed by atoms with Gasteiger partial charge in [0.2, 0.25) is 0 Å². The topological polar surface area (TPSA) is 66.5 Å². The number of halogens is 2. The van der Waals surface area contributed by atoms with Crippen LogP contribution in [-0.2, 0) is 6.54 Å². The predicted molar refractivity (Wildman–Crippen MR) is 60.8 cm³/mol. The van der Waals surface area contributed by atoms with Gasteiger partial charge in [0, 0.05) is 17.1 Å². The Bertz CT molecular complexity index is 467. The zero-order valence-corrected chi connectivity index (χ0v) is 9.87. The lowest BCUT2D eigenvalue weighted by Gasteiger charge is -2.11. The number of aromatic nitrogens is 4. The molecule has 0 saturated carbocycles. The summed E-state index contributed by atoms with van der Waals surface area (Å²) in [7, 11) is 0. The summed E-state index contributed by atoms with van der Waals surface area (Å²) in [4.78, 5) is 0. The Morgan fingerprint density at radius 1 is 1.53 bits per heavy atom. The lowest BCUT2D eigenvalue weighted by molar-refractivity contribution is 0.526. The fourth-order valence-corrected chi connectivity index (χ4v) is 1.63. The van der Waals surface area contributed by atoms with Gasteiger partial charge < -0.3 is 5.32 Å². The highest BCUT2D eigenvalue weighted by Crippen LogP contribution is 2.19. The molecule has 1 aromatic carbocycles. The number of hydrogen-bond acceptors (Lipinski definition) is 4. The van der Waals surface area contributed by atoms with E-state index in [9.17, 15) is 4.39 Å². The zero-order chi connectivity index (χ0) is 12.3. The van der Waals surface area contributed by atoms with Crippen molar-refractivity contribution in [1.82, 2.24) is 25.9 Å². The highest BCUT2D eigenvalue weighted by atomic mass is 35.5. The molecule has 2 rings (SSSR count). The van der Waals surface area contributed by atoms with Crippen molar-refractivity contribution in [2.45, 2.75) is 19.5 Å². The van der Waals surface area contributed by atoms with E-state index in [1.54, 1.807) is 12.1 Å². The van der Waals surface area contributed by atoms with Crippen LogP contribution >= 0.6 is 11.6 Å². The molecule has 0 aliphatic carbocycles. The van der Waals surface area contributed by atoms with E-state index in [1.807, 2.05) is 6.92 Å². The van der Waals surface area contributed by atoms with E-state index in [2.05, 4.69) is 25.9 Å². The Hall–Kier alpha value is -1.53. The normalized spacial score (nSPS) is 12.6. The number of H-pyrrole nitrogens is 1. The molecular formula is C10H11ClFN5. The minimum atomic E-state index is -0.328. The third-order valence-electron chi connectivity index (χ3n) is 2.40. The number of nitrogens with one attached hydrogen (secondary N) is 2. The maximum absolute atomic E-state index is 13.5. The first-order valence-electron chi connectivity index (χ1n) is 5.08. The molecule has 1 atom stereocenters. The molecule has 0 saturated heterocycles. The first-order valence-corrected chi connectivity index (χ1v) is 5.46. The zero-order valence-electron chi connectivity index (χ0n) is 9.11. The molecule has 17 heavy (non-hydrogen) atoms. The largest absolute Gasteiger partial charge is 0.303 e. The van der Waals surface area contributed by atoms with Crippen molar-refractivity contribution in [3.8, 4) is 0 Å². The lowest BCUT2D eigenvalue weighted by Crippen LogP contribution is -2.20. The molecule has 0 amide bonds. The second kappa shape index (κ2) is 5.20. The molecule has 0 bridgehead atoms. The van der Waals surface area contributed by atoms with Crippen molar-refractivity contribution in [1.29, 1.82) is 0 Å². The Morgan fingerprint density at radius 2 is 2.35 bits per heavy atom. The summed E-state index contributed by atoms with van der Waals surface area (Å²) in [6.07, 6.45) is 0. The summed E-state index contributed by atoms with van der Waals surface area (Å²) in [5, 5.41) is 17.0. The van der Waals surface area contributed by atoms with Crippen LogP contribution in [0.25, 0.3) is 0 Å². The third kappa shape index (κ3) is 2.78. The van der Waals surface area contributed by atoms with Gasteiger partial charge in [0.1, 0.15) is 5.82 Å². The average molecular weight is 256 g/mol. The Balaban J connectivity index is 2.03. The van der Waals surface area contributed by atoms with Crippen molar-refractivity contribution in [2.75, 3.05) is 0 Å². The van der Waals surface area contributed by atoms with Gasteiger partial charge in [0.05, 0.1) is 6.04 Å². The highest BCUT2D eigenvalue weighted by molar-refractivity contribution is 6.31. The molecule has 1 aromatic heterocycles. The number of rotatable bonds is 4. The van der Waals surface area contributed by atoms with Crippen LogP contribution in [0.4, 0.5) is 4.39 Å². The molecule has 1 unspecified atom stereocenters. The van der Waals surface area contributed by atoms with Gasteiger partial charge in [-0.05, 0) is 19.1 Å². The van der Waals surface area contributed by atoms with Crippen molar-refractivity contribution >= 4 is 11.6 Å². The molecule has 1 heterocycles. The average Bonchev–Trinajstić information content (AvgIpc) is 2.81. The van der Waals surface area contributed by atoms with Crippen LogP contribution in [0.5, 0.6) is 0 Å². The highest BCUT2D eigenvalue weighted by Gasteiger charge is 2.12. The van der Waals surface area contributed by atoms with E-state index in [1.165, 1.54) is 6.07 Å². The molecule has 7 heteroatoms. The second-order valence-corrected chi connectivity index (χ2v) is 3.98. The van der Waals surface area contributed by atoms with Gasteiger partial charge in [0.25, 0.3) is 0 Å². The van der Waals surface area contributed by atoms with E-state index in [4.69, 9.17) is 11.6 Å². The quantitative estimate of drug-likeness (QED) is 0.875. The summed E-state index contributed by atoms with van der Waals surface area (Å²) in [5.74, 6) is 0.197. The van der Waals surface area contributed by atoms with Crippen LogP contribution in [0.2, 0.25) is 5.02 Å². The minimum Gasteiger partial charge on any atom is -0.303 e. The van der Waals surface area contributed by atoms with E-state index in [0.717, 1.165) is 0 Å². The number of benzene rings is 1. The van der Waals surface area contributed by atoms with Gasteiger partial charge in [-0.2, -0.15) is 5.21 Å². The van der Waals surface area contributed by atoms with Gasteiger partial charge >= 0.3 is 0 Å². The standard InChI is InChI=1S/C10H11ClFN5/c1-6(10-14-16-17-15-10)13-5-7-8(11)3-2-4-9(7)12/h2-4,6,13H,5H2,1H3,(H,14,15,16,17). The predicted octanol–water partition coefficient (Wildman–Crippen LogP) is 1.84. The summed E-state index contributed by atoms with van der Waals surface area (Å²) >= 11 is 5.91. The van der Waals surface area contributed by atoms with Crippen LogP contribution in [0, 0.1) is 5.82 Å². The molecule has 90 valence electrons. The van der Waals surface area contributed by atoms with Crippen molar-refractivity contribution in [3.63, 3.8) is 0 Å². The lowest BCUT2D eigenvalue weighted by atomic mass is 10.2. The van der Waals surface area contributed by atoms with Crippen LogP contribution < -0.4 is 5.32 Å². The second-order valence-electron chi connectivity index (χ2n) is 3.57. The fraction of sp³-hybridized carbons (Fsp3) is 0.300. The summed E-state index contributed by atoms with van der Waals surface area (Å²) in [6, 6.07) is 4.47. The van der Waals surface area contributed by atoms with Crippen LogP contribution in [0.15, 0.2) is 18.2 Å². The maximum Gasteiger partial charge on any atom is 0.191 e. The summed E-state index contributed by atoms with van der Waals surface area (Å²) < 4.78 is 13.5. The number of hydrogen-bond donors (Lipinski definition) is 2. The Kier molecular flexibility index (Phi) is 3.65. The molecule has 0 fully saturated rings. The van der Waals surface area contributed by atoms with E-state index in [0.29, 0.717) is 23.0 Å².